The number of carboxylic acids is 1. The largest absolute Gasteiger partial charge is 0.493 e. The van der Waals surface area contributed by atoms with Crippen LogP contribution in [0.2, 0.25) is 0 Å². The summed E-state index contributed by atoms with van der Waals surface area (Å²) in [5.41, 5.74) is 0.274. The lowest BCUT2D eigenvalue weighted by Crippen LogP contribution is -2.32. The Labute approximate surface area is 137 Å². The predicted molar refractivity (Wildman–Crippen MR) is 84.7 cm³/mol. The molecule has 0 bridgehead atoms. The Hall–Kier alpha value is -3.03. The van der Waals surface area contributed by atoms with Crippen LogP contribution in [0.25, 0.3) is 11.0 Å². The van der Waals surface area contributed by atoms with Crippen molar-refractivity contribution in [3.63, 3.8) is 0 Å². The van der Waals surface area contributed by atoms with Crippen LogP contribution in [0.15, 0.2) is 21.3 Å². The van der Waals surface area contributed by atoms with Crippen molar-refractivity contribution in [2.24, 2.45) is 0 Å². The highest BCUT2D eigenvalue weighted by Crippen LogP contribution is 2.36. The summed E-state index contributed by atoms with van der Waals surface area (Å²) in [6.07, 6.45) is -0.272. The fraction of sp³-hybridized carbons (Fsp3) is 0.312. The third-order valence-electron chi connectivity index (χ3n) is 3.57. The highest BCUT2D eigenvalue weighted by atomic mass is 16.5. The first-order valence-electron chi connectivity index (χ1n) is 7.04. The molecule has 2 rings (SSSR count). The monoisotopic (exact) mass is 335 g/mol. The molecule has 128 valence electrons. The van der Waals surface area contributed by atoms with Gasteiger partial charge >= 0.3 is 11.6 Å². The molecular formula is C16H17NO7. The van der Waals surface area contributed by atoms with Crippen molar-refractivity contribution in [3.05, 3.63) is 33.7 Å². The van der Waals surface area contributed by atoms with Crippen LogP contribution in [0.5, 0.6) is 11.5 Å². The SMILES string of the molecule is COc1ccc2c(C)c(CC(=O)NCC(=O)O)c(=O)oc2c1OC. The zero-order valence-corrected chi connectivity index (χ0v) is 13.5. The maximum atomic E-state index is 12.2. The number of ether oxygens (including phenoxy) is 2. The van der Waals surface area contributed by atoms with Crippen molar-refractivity contribution >= 4 is 22.8 Å². The van der Waals surface area contributed by atoms with E-state index >= 15 is 0 Å². The number of aryl methyl sites for hydroxylation is 1. The number of fused-ring (bicyclic) bond motifs is 1. The van der Waals surface area contributed by atoms with Gasteiger partial charge < -0.3 is 24.3 Å². The average Bonchev–Trinajstić information content (AvgIpc) is 2.55. The van der Waals surface area contributed by atoms with E-state index in [0.717, 1.165) is 0 Å². The number of carboxylic acid groups (broad SMARTS) is 1. The van der Waals surface area contributed by atoms with Gasteiger partial charge in [-0.15, -0.1) is 0 Å². The van der Waals surface area contributed by atoms with Crippen molar-refractivity contribution < 1.29 is 28.6 Å². The van der Waals surface area contributed by atoms with Gasteiger partial charge in [-0.3, -0.25) is 9.59 Å². The number of rotatable bonds is 6. The summed E-state index contributed by atoms with van der Waals surface area (Å²) in [6, 6.07) is 3.37. The number of benzene rings is 1. The van der Waals surface area contributed by atoms with Gasteiger partial charge in [-0.1, -0.05) is 0 Å². The Morgan fingerprint density at radius 2 is 1.96 bits per heavy atom. The summed E-state index contributed by atoms with van der Waals surface area (Å²) >= 11 is 0. The van der Waals surface area contributed by atoms with Crippen molar-refractivity contribution in [2.45, 2.75) is 13.3 Å². The number of aliphatic carboxylic acids is 1. The van der Waals surface area contributed by atoms with E-state index in [9.17, 15) is 14.4 Å². The van der Waals surface area contributed by atoms with Crippen LogP contribution >= 0.6 is 0 Å². The standard InChI is InChI=1S/C16H17NO7/c1-8-9-4-5-11(22-2)15(23-3)14(9)24-16(21)10(8)6-12(18)17-7-13(19)20/h4-5H,6-7H2,1-3H3,(H,17,18)(H,19,20). The second-order valence-corrected chi connectivity index (χ2v) is 5.02. The molecular weight excluding hydrogens is 318 g/mol. The van der Waals surface area contributed by atoms with Crippen LogP contribution in [0.1, 0.15) is 11.1 Å². The zero-order chi connectivity index (χ0) is 17.9. The molecule has 0 atom stereocenters. The van der Waals surface area contributed by atoms with Gasteiger partial charge in [0.25, 0.3) is 0 Å². The van der Waals surface area contributed by atoms with Crippen LogP contribution in [0, 0.1) is 6.92 Å². The summed E-state index contributed by atoms with van der Waals surface area (Å²) in [6.45, 7) is 1.17. The number of nitrogens with one attached hydrogen (secondary N) is 1. The lowest BCUT2D eigenvalue weighted by atomic mass is 10.0. The van der Waals surface area contributed by atoms with E-state index in [0.29, 0.717) is 16.7 Å². The lowest BCUT2D eigenvalue weighted by molar-refractivity contribution is -0.137. The highest BCUT2D eigenvalue weighted by molar-refractivity contribution is 5.90. The number of hydrogen-bond acceptors (Lipinski definition) is 6. The van der Waals surface area contributed by atoms with Crippen molar-refractivity contribution in [3.8, 4) is 11.5 Å². The molecule has 24 heavy (non-hydrogen) atoms. The van der Waals surface area contributed by atoms with Crippen LogP contribution in [0.4, 0.5) is 0 Å². The summed E-state index contributed by atoms with van der Waals surface area (Å²) in [5.74, 6) is -1.04. The van der Waals surface area contributed by atoms with Gasteiger partial charge in [-0.2, -0.15) is 0 Å². The molecule has 0 saturated carbocycles. The van der Waals surface area contributed by atoms with E-state index in [4.69, 9.17) is 19.0 Å². The van der Waals surface area contributed by atoms with Gasteiger partial charge in [0.1, 0.15) is 6.54 Å². The van der Waals surface area contributed by atoms with Gasteiger partial charge in [-0.05, 0) is 24.6 Å². The molecule has 8 heteroatoms. The summed E-state index contributed by atoms with van der Waals surface area (Å²) in [4.78, 5) is 34.5. The fourth-order valence-electron chi connectivity index (χ4n) is 2.37. The average molecular weight is 335 g/mol. The Balaban J connectivity index is 2.49. The highest BCUT2D eigenvalue weighted by Gasteiger charge is 2.19. The van der Waals surface area contributed by atoms with Gasteiger partial charge in [0.05, 0.1) is 26.2 Å². The molecule has 0 spiro atoms. The van der Waals surface area contributed by atoms with Crippen LogP contribution in [0.3, 0.4) is 0 Å². The molecule has 2 aromatic rings. The maximum Gasteiger partial charge on any atom is 0.340 e. The van der Waals surface area contributed by atoms with E-state index in [1.165, 1.54) is 14.2 Å². The predicted octanol–water partition coefficient (Wildman–Crippen LogP) is 0.862. The second-order valence-electron chi connectivity index (χ2n) is 5.02. The molecule has 0 aliphatic heterocycles. The third-order valence-corrected chi connectivity index (χ3v) is 3.57. The van der Waals surface area contributed by atoms with Gasteiger partial charge in [0.15, 0.2) is 11.3 Å². The first-order valence-corrected chi connectivity index (χ1v) is 7.04. The minimum Gasteiger partial charge on any atom is -0.493 e. The Morgan fingerprint density at radius 3 is 2.54 bits per heavy atom. The first-order chi connectivity index (χ1) is 11.4. The van der Waals surface area contributed by atoms with Crippen molar-refractivity contribution in [1.82, 2.24) is 5.32 Å². The molecule has 0 aliphatic carbocycles. The zero-order valence-electron chi connectivity index (χ0n) is 13.5. The minimum absolute atomic E-state index is 0.164. The van der Waals surface area contributed by atoms with Crippen molar-refractivity contribution in [2.75, 3.05) is 20.8 Å². The van der Waals surface area contributed by atoms with Crippen LogP contribution < -0.4 is 20.4 Å². The third kappa shape index (κ3) is 3.32. The molecule has 0 unspecified atom stereocenters. The smallest absolute Gasteiger partial charge is 0.340 e. The fourth-order valence-corrected chi connectivity index (χ4v) is 2.37. The molecule has 0 saturated heterocycles. The van der Waals surface area contributed by atoms with Gasteiger partial charge in [0.2, 0.25) is 11.7 Å². The summed E-state index contributed by atoms with van der Waals surface area (Å²) in [5, 5.41) is 11.4. The number of methoxy groups -OCH3 is 2. The Bertz CT molecular complexity index is 854. The number of carbonyl (C=O) groups excluding carboxylic acids is 1. The molecule has 0 aliphatic rings. The number of carbonyl (C=O) groups is 2. The first kappa shape index (κ1) is 17.3. The Morgan fingerprint density at radius 1 is 1.25 bits per heavy atom. The van der Waals surface area contributed by atoms with E-state index < -0.39 is 24.0 Å². The molecule has 1 heterocycles. The summed E-state index contributed by atoms with van der Waals surface area (Å²) in [7, 11) is 2.90. The number of hydrogen-bond donors (Lipinski definition) is 2. The topological polar surface area (TPSA) is 115 Å². The van der Waals surface area contributed by atoms with E-state index in [1.807, 2.05) is 0 Å². The lowest BCUT2D eigenvalue weighted by Gasteiger charge is -2.12. The number of amides is 1. The summed E-state index contributed by atoms with van der Waals surface area (Å²) < 4.78 is 15.7. The minimum atomic E-state index is -1.16. The molecule has 2 N–H and O–H groups in total. The van der Waals surface area contributed by atoms with Crippen LogP contribution in [-0.4, -0.2) is 37.7 Å². The molecule has 1 aromatic heterocycles. The maximum absolute atomic E-state index is 12.2. The molecule has 0 radical (unpaired) electrons. The van der Waals surface area contributed by atoms with Gasteiger partial charge in [0, 0.05) is 5.39 Å². The Kier molecular flexibility index (Phi) is 5.08. The second kappa shape index (κ2) is 7.03. The quantitative estimate of drug-likeness (QED) is 0.752. The van der Waals surface area contributed by atoms with E-state index in [-0.39, 0.29) is 23.3 Å². The molecule has 1 amide bonds. The van der Waals surface area contributed by atoms with E-state index in [2.05, 4.69) is 5.32 Å². The molecule has 0 fully saturated rings. The van der Waals surface area contributed by atoms with Crippen molar-refractivity contribution in [1.29, 1.82) is 0 Å². The molecule has 8 nitrogen and oxygen atoms in total. The molecule has 1 aromatic carbocycles. The van der Waals surface area contributed by atoms with Gasteiger partial charge in [-0.25, -0.2) is 4.79 Å². The van der Waals surface area contributed by atoms with Crippen LogP contribution in [-0.2, 0) is 16.0 Å². The van der Waals surface area contributed by atoms with E-state index in [1.54, 1.807) is 19.1 Å². The normalized spacial score (nSPS) is 10.5.